The molecule has 0 aromatic heterocycles. The third kappa shape index (κ3) is 7.60. The molecule has 1 aromatic rings. The van der Waals surface area contributed by atoms with Crippen molar-refractivity contribution in [1.29, 1.82) is 0 Å². The van der Waals surface area contributed by atoms with Crippen molar-refractivity contribution in [3.8, 4) is 0 Å². The number of hydrogen-bond acceptors (Lipinski definition) is 0. The van der Waals surface area contributed by atoms with Gasteiger partial charge in [0.1, 0.15) is 11.6 Å². The highest BCUT2D eigenvalue weighted by Gasteiger charge is 2.31. The molecule has 0 radical (unpaired) electrons. The highest BCUT2D eigenvalue weighted by molar-refractivity contribution is 6.58. The van der Waals surface area contributed by atoms with E-state index in [9.17, 15) is 17.6 Å². The Morgan fingerprint density at radius 2 is 1.47 bits per heavy atom. The quantitative estimate of drug-likeness (QED) is 0.172. The lowest BCUT2D eigenvalue weighted by molar-refractivity contribution is 0.141. The van der Waals surface area contributed by atoms with E-state index in [4.69, 9.17) is 0 Å². The molecule has 1 saturated carbocycles. The molecule has 0 atom stereocenters. The molecule has 1 aliphatic carbocycles. The predicted octanol–water partition coefficient (Wildman–Crippen LogP) is 9.25. The van der Waals surface area contributed by atoms with Gasteiger partial charge < -0.3 is 0 Å². The molecule has 182 valence electrons. The van der Waals surface area contributed by atoms with Crippen LogP contribution in [-0.4, -0.2) is 8.80 Å². The number of unbranched alkanes of at least 4 members (excludes halogenated alkanes) is 3. The van der Waals surface area contributed by atoms with Crippen molar-refractivity contribution in [2.45, 2.75) is 115 Å². The number of rotatable bonds is 11. The molecule has 1 aliphatic heterocycles. The van der Waals surface area contributed by atoms with E-state index >= 15 is 0 Å². The van der Waals surface area contributed by atoms with Crippen LogP contribution in [0.3, 0.4) is 0 Å². The van der Waals surface area contributed by atoms with E-state index in [1.165, 1.54) is 64.2 Å². The lowest BCUT2D eigenvalue weighted by Gasteiger charge is -2.37. The van der Waals surface area contributed by atoms with Crippen molar-refractivity contribution in [2.75, 3.05) is 0 Å². The van der Waals surface area contributed by atoms with Crippen LogP contribution < -0.4 is 0 Å². The van der Waals surface area contributed by atoms with Gasteiger partial charge in [0.25, 0.3) is 6.43 Å². The predicted molar refractivity (Wildman–Crippen MR) is 128 cm³/mol. The number of alkyl halides is 2. The standard InChI is InChI=1S/C27H42F4Si/c1-2-3-6-15-32-16-13-23(14-17-32)22-11-9-20(10-12-22)7-4-5-8-21-18-24(28)26(27(30)31)25(29)19-21/h18-20,22-23,27,32H,2-17H2,1H3/t20-,22-,23?,32?. The topological polar surface area (TPSA) is 0 Å². The second-order valence-electron chi connectivity index (χ2n) is 10.6. The highest BCUT2D eigenvalue weighted by Crippen LogP contribution is 2.42. The van der Waals surface area contributed by atoms with E-state index in [-0.39, 0.29) is 0 Å². The van der Waals surface area contributed by atoms with Gasteiger partial charge in [0.05, 0.1) is 5.56 Å². The van der Waals surface area contributed by atoms with E-state index in [2.05, 4.69) is 6.92 Å². The molecule has 1 heterocycles. The Morgan fingerprint density at radius 1 is 0.844 bits per heavy atom. The molecule has 0 bridgehead atoms. The first-order chi connectivity index (χ1) is 15.5. The molecular weight excluding hydrogens is 428 g/mol. The molecule has 3 rings (SSSR count). The van der Waals surface area contributed by atoms with E-state index in [1.54, 1.807) is 18.1 Å². The Kier molecular flexibility index (Phi) is 10.6. The van der Waals surface area contributed by atoms with Crippen LogP contribution in [0, 0.1) is 29.4 Å². The van der Waals surface area contributed by atoms with Gasteiger partial charge in [-0.2, -0.15) is 0 Å². The fourth-order valence-electron chi connectivity index (χ4n) is 6.33. The number of hydrogen-bond donors (Lipinski definition) is 0. The van der Waals surface area contributed by atoms with Gasteiger partial charge in [0.2, 0.25) is 0 Å². The molecule has 2 aliphatic rings. The van der Waals surface area contributed by atoms with Crippen molar-refractivity contribution in [1.82, 2.24) is 0 Å². The summed E-state index contributed by atoms with van der Waals surface area (Å²) in [5.74, 6) is 0.501. The largest absolute Gasteiger partial charge is 0.269 e. The second kappa shape index (κ2) is 13.1. The van der Waals surface area contributed by atoms with Crippen LogP contribution >= 0.6 is 0 Å². The Bertz CT molecular complexity index is 653. The smallest absolute Gasteiger partial charge is 0.206 e. The summed E-state index contributed by atoms with van der Waals surface area (Å²) in [6, 6.07) is 6.93. The van der Waals surface area contributed by atoms with Gasteiger partial charge in [-0.15, -0.1) is 0 Å². The number of halogens is 4. The first-order valence-corrected chi connectivity index (χ1v) is 15.7. The lowest BCUT2D eigenvalue weighted by Crippen LogP contribution is -2.28. The molecule has 2 fully saturated rings. The summed E-state index contributed by atoms with van der Waals surface area (Å²) in [6.07, 6.45) is 13.3. The maximum Gasteiger partial charge on any atom is 0.269 e. The summed E-state index contributed by atoms with van der Waals surface area (Å²) >= 11 is 0. The first kappa shape index (κ1) is 25.8. The number of aryl methyl sites for hydroxylation is 1. The Balaban J connectivity index is 1.30. The van der Waals surface area contributed by atoms with Gasteiger partial charge in [-0.3, -0.25) is 0 Å². The zero-order chi connectivity index (χ0) is 22.9. The molecule has 0 spiro atoms. The fraction of sp³-hybridized carbons (Fsp3) is 0.778. The molecule has 5 heteroatoms. The van der Waals surface area contributed by atoms with Gasteiger partial charge in [-0.05, 0) is 61.1 Å². The van der Waals surface area contributed by atoms with E-state index in [0.29, 0.717) is 12.0 Å². The zero-order valence-electron chi connectivity index (χ0n) is 19.9. The van der Waals surface area contributed by atoms with Crippen LogP contribution in [0.2, 0.25) is 18.1 Å². The molecule has 0 nitrogen and oxygen atoms in total. The van der Waals surface area contributed by atoms with Gasteiger partial charge >= 0.3 is 0 Å². The summed E-state index contributed by atoms with van der Waals surface area (Å²) in [5, 5.41) is 0. The summed E-state index contributed by atoms with van der Waals surface area (Å²) in [4.78, 5) is 0. The molecule has 1 saturated heterocycles. The maximum atomic E-state index is 13.7. The summed E-state index contributed by atoms with van der Waals surface area (Å²) in [6.45, 7) is 2.30. The third-order valence-corrected chi connectivity index (χ3v) is 11.9. The molecule has 0 N–H and O–H groups in total. The van der Waals surface area contributed by atoms with Gasteiger partial charge in [-0.25, -0.2) is 17.6 Å². The monoisotopic (exact) mass is 470 g/mol. The van der Waals surface area contributed by atoms with Crippen molar-refractivity contribution in [2.24, 2.45) is 17.8 Å². The van der Waals surface area contributed by atoms with E-state index in [0.717, 1.165) is 42.7 Å². The molecule has 32 heavy (non-hydrogen) atoms. The summed E-state index contributed by atoms with van der Waals surface area (Å²) in [7, 11) is -0.407. The summed E-state index contributed by atoms with van der Waals surface area (Å²) in [5.41, 5.74) is -0.611. The van der Waals surface area contributed by atoms with Crippen molar-refractivity contribution < 1.29 is 17.6 Å². The second-order valence-corrected chi connectivity index (χ2v) is 14.0. The van der Waals surface area contributed by atoms with Gasteiger partial charge in [0, 0.05) is 8.80 Å². The zero-order valence-corrected chi connectivity index (χ0v) is 21.0. The minimum Gasteiger partial charge on any atom is -0.206 e. The third-order valence-electron chi connectivity index (χ3n) is 8.35. The van der Waals surface area contributed by atoms with Crippen LogP contribution in [0.4, 0.5) is 17.6 Å². The van der Waals surface area contributed by atoms with Crippen LogP contribution in [0.25, 0.3) is 0 Å². The Hall–Kier alpha value is -0.843. The van der Waals surface area contributed by atoms with Crippen LogP contribution in [0.5, 0.6) is 0 Å². The Morgan fingerprint density at radius 3 is 2.06 bits per heavy atom. The van der Waals surface area contributed by atoms with Gasteiger partial charge in [-0.1, -0.05) is 82.8 Å². The van der Waals surface area contributed by atoms with Crippen molar-refractivity contribution in [3.05, 3.63) is 34.9 Å². The highest BCUT2D eigenvalue weighted by atomic mass is 28.3. The maximum absolute atomic E-state index is 13.7. The fourth-order valence-corrected chi connectivity index (χ4v) is 9.86. The minimum atomic E-state index is -3.11. The van der Waals surface area contributed by atoms with Gasteiger partial charge in [0.15, 0.2) is 0 Å². The van der Waals surface area contributed by atoms with Crippen LogP contribution in [0.15, 0.2) is 12.1 Å². The van der Waals surface area contributed by atoms with Crippen LogP contribution in [0.1, 0.15) is 102 Å². The number of benzene rings is 1. The first-order valence-electron chi connectivity index (χ1n) is 13.2. The molecule has 0 unspecified atom stereocenters. The molecular formula is C27H42F4Si. The average Bonchev–Trinajstić information content (AvgIpc) is 2.77. The van der Waals surface area contributed by atoms with Crippen LogP contribution in [-0.2, 0) is 6.42 Å². The Labute approximate surface area is 194 Å². The van der Waals surface area contributed by atoms with E-state index in [1.807, 2.05) is 0 Å². The summed E-state index contributed by atoms with van der Waals surface area (Å²) < 4.78 is 52.8. The lowest BCUT2D eigenvalue weighted by atomic mass is 9.73. The SMILES string of the molecule is CCCCC[SiH]1CCC([C@H]2CC[C@H](CCCCc3cc(F)c(C(F)F)c(F)c3)CC2)CC1. The normalized spacial score (nSPS) is 26.6. The van der Waals surface area contributed by atoms with Crippen molar-refractivity contribution >= 4 is 8.80 Å². The average molecular weight is 471 g/mol. The minimum absolute atomic E-state index is 0.407. The van der Waals surface area contributed by atoms with Crippen molar-refractivity contribution in [3.63, 3.8) is 0 Å². The molecule has 1 aromatic carbocycles. The van der Waals surface area contributed by atoms with E-state index < -0.39 is 32.4 Å². The molecule has 0 amide bonds.